The average molecular weight is 315 g/mol. The van der Waals surface area contributed by atoms with Crippen molar-refractivity contribution in [2.45, 2.75) is 0 Å². The van der Waals surface area contributed by atoms with Crippen LogP contribution in [0.3, 0.4) is 0 Å². The predicted molar refractivity (Wildman–Crippen MR) is 63.5 cm³/mol. The van der Waals surface area contributed by atoms with E-state index >= 15 is 0 Å². The van der Waals surface area contributed by atoms with Gasteiger partial charge in [0.2, 0.25) is 5.82 Å². The lowest BCUT2D eigenvalue weighted by Crippen LogP contribution is -2.31. The number of hydrogen-bond donors (Lipinski definition) is 0. The number of pyridine rings is 1. The van der Waals surface area contributed by atoms with Crippen LogP contribution in [0.4, 0.5) is 4.39 Å². The van der Waals surface area contributed by atoms with Crippen LogP contribution in [0.2, 0.25) is 0 Å². The minimum atomic E-state index is -0.494. The van der Waals surface area contributed by atoms with Gasteiger partial charge in [-0.3, -0.25) is 0 Å². The zero-order valence-electron chi connectivity index (χ0n) is 7.65. The van der Waals surface area contributed by atoms with Crippen LogP contribution < -0.4 is 4.73 Å². The van der Waals surface area contributed by atoms with Gasteiger partial charge in [-0.1, -0.05) is 30.3 Å². The van der Waals surface area contributed by atoms with E-state index in [-0.39, 0.29) is 3.70 Å². The number of benzene rings is 1. The van der Waals surface area contributed by atoms with Crippen LogP contribution in [-0.2, 0) is 0 Å². The Labute approximate surface area is 100 Å². The molecule has 0 radical (unpaired) electrons. The third kappa shape index (κ3) is 2.09. The third-order valence-electron chi connectivity index (χ3n) is 2.04. The summed E-state index contributed by atoms with van der Waals surface area (Å²) < 4.78 is 13.9. The van der Waals surface area contributed by atoms with Gasteiger partial charge in [-0.15, -0.1) is 0 Å². The maximum Gasteiger partial charge on any atom is 0.288 e. The van der Waals surface area contributed by atoms with E-state index in [2.05, 4.69) is 0 Å². The molecule has 0 amide bonds. The minimum Gasteiger partial charge on any atom is -0.618 e. The average Bonchev–Trinajstić information content (AvgIpc) is 2.26. The van der Waals surface area contributed by atoms with Crippen LogP contribution >= 0.6 is 22.6 Å². The van der Waals surface area contributed by atoms with Gasteiger partial charge < -0.3 is 5.21 Å². The first-order chi connectivity index (χ1) is 7.18. The van der Waals surface area contributed by atoms with Gasteiger partial charge in [-0.05, 0) is 11.6 Å². The molecule has 1 aromatic carbocycles. The van der Waals surface area contributed by atoms with E-state index in [1.165, 1.54) is 12.3 Å². The summed E-state index contributed by atoms with van der Waals surface area (Å²) in [6.45, 7) is 0. The van der Waals surface area contributed by atoms with Gasteiger partial charge in [-0.25, -0.2) is 0 Å². The zero-order chi connectivity index (χ0) is 10.8. The molecule has 1 heterocycles. The topological polar surface area (TPSA) is 26.9 Å². The van der Waals surface area contributed by atoms with Crippen LogP contribution in [0, 0.1) is 14.7 Å². The van der Waals surface area contributed by atoms with Crippen molar-refractivity contribution in [3.63, 3.8) is 0 Å². The summed E-state index contributed by atoms with van der Waals surface area (Å²) in [5.74, 6) is -0.494. The summed E-state index contributed by atoms with van der Waals surface area (Å²) in [5, 5.41) is 11.3. The van der Waals surface area contributed by atoms with Crippen LogP contribution in [-0.4, -0.2) is 0 Å². The van der Waals surface area contributed by atoms with Gasteiger partial charge in [-0.2, -0.15) is 9.12 Å². The van der Waals surface area contributed by atoms with E-state index in [0.29, 0.717) is 10.3 Å². The van der Waals surface area contributed by atoms with Gasteiger partial charge >= 0.3 is 0 Å². The van der Waals surface area contributed by atoms with Crippen molar-refractivity contribution in [3.8, 4) is 11.1 Å². The predicted octanol–water partition coefficient (Wildman–Crippen LogP) is 2.73. The summed E-state index contributed by atoms with van der Waals surface area (Å²) in [6.07, 6.45) is 1.38. The second kappa shape index (κ2) is 4.14. The van der Waals surface area contributed by atoms with Crippen molar-refractivity contribution in [2.75, 3.05) is 0 Å². The quantitative estimate of drug-likeness (QED) is 0.344. The van der Waals surface area contributed by atoms with Gasteiger partial charge in [0.05, 0.1) is 5.56 Å². The molecule has 0 fully saturated rings. The Bertz CT molecular complexity index is 464. The SMILES string of the molecule is [O-][n+]1cc(-c2ccccc2)cc(F)c1I. The summed E-state index contributed by atoms with van der Waals surface area (Å²) in [5.41, 5.74) is 1.42. The van der Waals surface area contributed by atoms with Gasteiger partial charge in [0.25, 0.3) is 3.70 Å². The molecule has 76 valence electrons. The molecule has 0 atom stereocenters. The largest absolute Gasteiger partial charge is 0.618 e. The first-order valence-electron chi connectivity index (χ1n) is 4.32. The molecule has 0 bridgehead atoms. The molecule has 0 saturated heterocycles. The van der Waals surface area contributed by atoms with Crippen molar-refractivity contribution in [1.82, 2.24) is 0 Å². The first kappa shape index (κ1) is 10.4. The third-order valence-corrected chi connectivity index (χ3v) is 3.03. The van der Waals surface area contributed by atoms with Crippen LogP contribution in [0.25, 0.3) is 11.1 Å². The van der Waals surface area contributed by atoms with Crippen LogP contribution in [0.5, 0.6) is 0 Å². The second-order valence-corrected chi connectivity index (χ2v) is 4.08. The smallest absolute Gasteiger partial charge is 0.288 e. The Morgan fingerprint density at radius 2 is 1.80 bits per heavy atom. The fraction of sp³-hybridized carbons (Fsp3) is 0. The molecule has 0 aliphatic carbocycles. The van der Waals surface area contributed by atoms with Gasteiger partial charge in [0, 0.05) is 22.6 Å². The first-order valence-corrected chi connectivity index (χ1v) is 5.40. The molecule has 15 heavy (non-hydrogen) atoms. The van der Waals surface area contributed by atoms with E-state index < -0.39 is 5.82 Å². The summed E-state index contributed by atoms with van der Waals surface area (Å²) in [6, 6.07) is 10.6. The molecule has 0 N–H and O–H groups in total. The maximum atomic E-state index is 13.3. The summed E-state index contributed by atoms with van der Waals surface area (Å²) in [7, 11) is 0. The Hall–Kier alpha value is -1.17. The molecule has 1 aromatic heterocycles. The lowest BCUT2D eigenvalue weighted by atomic mass is 10.1. The maximum absolute atomic E-state index is 13.3. The van der Waals surface area contributed by atoms with Crippen molar-refractivity contribution in [2.24, 2.45) is 0 Å². The summed E-state index contributed by atoms with van der Waals surface area (Å²) in [4.78, 5) is 0. The van der Waals surface area contributed by atoms with Crippen molar-refractivity contribution in [1.29, 1.82) is 0 Å². The Balaban J connectivity index is 2.56. The highest BCUT2D eigenvalue weighted by Crippen LogP contribution is 2.19. The molecule has 0 spiro atoms. The Morgan fingerprint density at radius 3 is 2.40 bits per heavy atom. The fourth-order valence-electron chi connectivity index (χ4n) is 1.31. The van der Waals surface area contributed by atoms with Crippen molar-refractivity contribution < 1.29 is 9.12 Å². The van der Waals surface area contributed by atoms with E-state index in [1.807, 2.05) is 30.3 Å². The van der Waals surface area contributed by atoms with Crippen LogP contribution in [0.15, 0.2) is 42.6 Å². The molecule has 0 saturated carbocycles. The molecular formula is C11H7FINO. The zero-order valence-corrected chi connectivity index (χ0v) is 9.81. The highest BCUT2D eigenvalue weighted by Gasteiger charge is 2.12. The highest BCUT2D eigenvalue weighted by molar-refractivity contribution is 14.1. The number of nitrogens with zero attached hydrogens (tertiary/aromatic N) is 1. The monoisotopic (exact) mass is 315 g/mol. The molecule has 0 unspecified atom stereocenters. The molecule has 4 heteroatoms. The van der Waals surface area contributed by atoms with E-state index in [1.54, 1.807) is 22.6 Å². The second-order valence-electron chi connectivity index (χ2n) is 3.06. The molecule has 2 rings (SSSR count). The van der Waals surface area contributed by atoms with E-state index in [0.717, 1.165) is 5.56 Å². The lowest BCUT2D eigenvalue weighted by Gasteiger charge is -2.04. The molecular weight excluding hydrogens is 308 g/mol. The standard InChI is InChI=1S/C11H7FINO/c12-10-6-9(7-14(15)11(10)13)8-4-2-1-3-5-8/h1-7H. The fourth-order valence-corrected chi connectivity index (χ4v) is 1.61. The lowest BCUT2D eigenvalue weighted by molar-refractivity contribution is -0.620. The van der Waals surface area contributed by atoms with Crippen molar-refractivity contribution in [3.05, 3.63) is 57.3 Å². The number of halogens is 2. The highest BCUT2D eigenvalue weighted by atomic mass is 127. The molecule has 2 nitrogen and oxygen atoms in total. The number of aromatic nitrogens is 1. The number of hydrogen-bond acceptors (Lipinski definition) is 1. The molecule has 2 aromatic rings. The molecule has 0 aliphatic rings. The van der Waals surface area contributed by atoms with E-state index in [9.17, 15) is 9.60 Å². The van der Waals surface area contributed by atoms with Gasteiger partial charge in [0.1, 0.15) is 0 Å². The van der Waals surface area contributed by atoms with Crippen molar-refractivity contribution >= 4 is 22.6 Å². The van der Waals surface area contributed by atoms with Gasteiger partial charge in [0.15, 0.2) is 6.20 Å². The number of rotatable bonds is 1. The Morgan fingerprint density at radius 1 is 1.13 bits per heavy atom. The normalized spacial score (nSPS) is 10.3. The van der Waals surface area contributed by atoms with Crippen LogP contribution in [0.1, 0.15) is 0 Å². The molecule has 0 aliphatic heterocycles. The Kier molecular flexibility index (Phi) is 2.86. The minimum absolute atomic E-state index is 0.0623. The summed E-state index contributed by atoms with van der Waals surface area (Å²) >= 11 is 1.68. The van der Waals surface area contributed by atoms with E-state index in [4.69, 9.17) is 0 Å².